The highest BCUT2D eigenvalue weighted by molar-refractivity contribution is 5.95. The molecule has 2 aromatic carbocycles. The standard InChI is InChI=1S/C19H24N2O2/c1-2-6-18(15-7-4-3-5-8-15)19(22)21-16-9-11-17(12-10-16)23-14-13-20/h3-5,7-12,18H,2,6,13-14,20H2,1H3,(H,21,22). The number of ether oxygens (including phenoxy) is 1. The summed E-state index contributed by atoms with van der Waals surface area (Å²) in [5.41, 5.74) is 7.23. The molecule has 1 atom stereocenters. The second kappa shape index (κ2) is 8.96. The van der Waals surface area contributed by atoms with Crippen molar-refractivity contribution in [3.8, 4) is 5.75 Å². The van der Waals surface area contributed by atoms with Crippen LogP contribution >= 0.6 is 0 Å². The van der Waals surface area contributed by atoms with Crippen molar-refractivity contribution in [2.75, 3.05) is 18.5 Å². The van der Waals surface area contributed by atoms with Crippen LogP contribution in [0.4, 0.5) is 5.69 Å². The minimum Gasteiger partial charge on any atom is -0.492 e. The monoisotopic (exact) mass is 312 g/mol. The van der Waals surface area contributed by atoms with Crippen LogP contribution in [0.15, 0.2) is 54.6 Å². The Bertz CT molecular complexity index is 597. The highest BCUT2D eigenvalue weighted by Crippen LogP contribution is 2.24. The Balaban J connectivity index is 2.03. The summed E-state index contributed by atoms with van der Waals surface area (Å²) in [7, 11) is 0. The van der Waals surface area contributed by atoms with Crippen LogP contribution in [0.2, 0.25) is 0 Å². The molecule has 0 heterocycles. The molecule has 0 spiro atoms. The molecule has 4 heteroatoms. The van der Waals surface area contributed by atoms with E-state index in [4.69, 9.17) is 10.5 Å². The Hall–Kier alpha value is -2.33. The molecule has 0 aliphatic heterocycles. The zero-order chi connectivity index (χ0) is 16.5. The minimum absolute atomic E-state index is 0.0219. The molecule has 2 aromatic rings. The Morgan fingerprint density at radius 2 is 1.83 bits per heavy atom. The van der Waals surface area contributed by atoms with Crippen molar-refractivity contribution in [2.24, 2.45) is 5.73 Å². The molecule has 0 bridgehead atoms. The molecule has 1 amide bonds. The largest absolute Gasteiger partial charge is 0.492 e. The lowest BCUT2D eigenvalue weighted by atomic mass is 9.93. The lowest BCUT2D eigenvalue weighted by molar-refractivity contribution is -0.117. The number of nitrogens with one attached hydrogen (secondary N) is 1. The molecular formula is C19H24N2O2. The van der Waals surface area contributed by atoms with Gasteiger partial charge in [0.2, 0.25) is 5.91 Å². The Morgan fingerprint density at radius 3 is 2.43 bits per heavy atom. The third-order valence-electron chi connectivity index (χ3n) is 3.60. The summed E-state index contributed by atoms with van der Waals surface area (Å²) in [6.45, 7) is 3.05. The summed E-state index contributed by atoms with van der Waals surface area (Å²) >= 11 is 0. The smallest absolute Gasteiger partial charge is 0.231 e. The van der Waals surface area contributed by atoms with E-state index in [-0.39, 0.29) is 11.8 Å². The van der Waals surface area contributed by atoms with Crippen molar-refractivity contribution in [1.82, 2.24) is 0 Å². The van der Waals surface area contributed by atoms with Gasteiger partial charge in [-0.25, -0.2) is 0 Å². The van der Waals surface area contributed by atoms with E-state index < -0.39 is 0 Å². The molecule has 23 heavy (non-hydrogen) atoms. The molecule has 0 radical (unpaired) electrons. The first-order valence-corrected chi connectivity index (χ1v) is 8.03. The molecule has 0 aliphatic rings. The van der Waals surface area contributed by atoms with Crippen LogP contribution in [0.5, 0.6) is 5.75 Å². The molecule has 0 fully saturated rings. The molecule has 0 saturated carbocycles. The van der Waals surface area contributed by atoms with E-state index in [1.807, 2.05) is 54.6 Å². The number of rotatable bonds is 8. The van der Waals surface area contributed by atoms with Crippen molar-refractivity contribution in [3.05, 3.63) is 60.2 Å². The van der Waals surface area contributed by atoms with Gasteiger partial charge in [-0.3, -0.25) is 4.79 Å². The summed E-state index contributed by atoms with van der Waals surface area (Å²) in [6.07, 6.45) is 1.78. The van der Waals surface area contributed by atoms with E-state index in [2.05, 4.69) is 12.2 Å². The number of hydrogen-bond donors (Lipinski definition) is 2. The molecule has 122 valence electrons. The average Bonchev–Trinajstić information content (AvgIpc) is 2.59. The van der Waals surface area contributed by atoms with Gasteiger partial charge in [0.25, 0.3) is 0 Å². The fourth-order valence-corrected chi connectivity index (χ4v) is 2.46. The van der Waals surface area contributed by atoms with Gasteiger partial charge in [0, 0.05) is 12.2 Å². The quantitative estimate of drug-likeness (QED) is 0.783. The number of amides is 1. The average molecular weight is 312 g/mol. The van der Waals surface area contributed by atoms with Gasteiger partial charge < -0.3 is 15.8 Å². The van der Waals surface area contributed by atoms with E-state index in [0.29, 0.717) is 13.2 Å². The van der Waals surface area contributed by atoms with Crippen molar-refractivity contribution in [1.29, 1.82) is 0 Å². The first-order chi connectivity index (χ1) is 11.2. The molecule has 1 unspecified atom stereocenters. The number of nitrogens with two attached hydrogens (primary N) is 1. The zero-order valence-corrected chi connectivity index (χ0v) is 13.5. The maximum atomic E-state index is 12.6. The zero-order valence-electron chi connectivity index (χ0n) is 13.5. The molecule has 4 nitrogen and oxygen atoms in total. The van der Waals surface area contributed by atoms with Crippen molar-refractivity contribution in [3.63, 3.8) is 0 Å². The first-order valence-electron chi connectivity index (χ1n) is 8.03. The Labute approximate surface area is 137 Å². The predicted octanol–water partition coefficient (Wildman–Crippen LogP) is 3.55. The SMILES string of the molecule is CCCC(C(=O)Nc1ccc(OCCN)cc1)c1ccccc1. The summed E-state index contributed by atoms with van der Waals surface area (Å²) in [5, 5.41) is 2.99. The van der Waals surface area contributed by atoms with Crippen LogP contribution in [0.3, 0.4) is 0 Å². The molecule has 0 aliphatic carbocycles. The highest BCUT2D eigenvalue weighted by Gasteiger charge is 2.19. The maximum Gasteiger partial charge on any atom is 0.231 e. The van der Waals surface area contributed by atoms with E-state index in [1.54, 1.807) is 0 Å². The Kier molecular flexibility index (Phi) is 6.63. The summed E-state index contributed by atoms with van der Waals surface area (Å²) in [4.78, 5) is 12.6. The highest BCUT2D eigenvalue weighted by atomic mass is 16.5. The van der Waals surface area contributed by atoms with Gasteiger partial charge in [0.15, 0.2) is 0 Å². The lowest BCUT2D eigenvalue weighted by Gasteiger charge is -2.17. The molecule has 2 rings (SSSR count). The van der Waals surface area contributed by atoms with Crippen molar-refractivity contribution < 1.29 is 9.53 Å². The number of anilines is 1. The van der Waals surface area contributed by atoms with Crippen molar-refractivity contribution in [2.45, 2.75) is 25.7 Å². The van der Waals surface area contributed by atoms with Crippen LogP contribution < -0.4 is 15.8 Å². The fourth-order valence-electron chi connectivity index (χ4n) is 2.46. The third-order valence-corrected chi connectivity index (χ3v) is 3.60. The molecular weight excluding hydrogens is 288 g/mol. The number of hydrogen-bond acceptors (Lipinski definition) is 3. The first kappa shape index (κ1) is 17.0. The second-order valence-corrected chi connectivity index (χ2v) is 5.40. The summed E-state index contributed by atoms with van der Waals surface area (Å²) in [6, 6.07) is 17.3. The minimum atomic E-state index is -0.130. The van der Waals surface area contributed by atoms with Crippen LogP contribution in [0.25, 0.3) is 0 Å². The van der Waals surface area contributed by atoms with E-state index in [1.165, 1.54) is 0 Å². The summed E-state index contributed by atoms with van der Waals surface area (Å²) < 4.78 is 5.43. The van der Waals surface area contributed by atoms with Gasteiger partial charge in [-0.2, -0.15) is 0 Å². The lowest BCUT2D eigenvalue weighted by Crippen LogP contribution is -2.21. The van der Waals surface area contributed by atoms with Gasteiger partial charge >= 0.3 is 0 Å². The number of benzene rings is 2. The van der Waals surface area contributed by atoms with Crippen LogP contribution in [0.1, 0.15) is 31.2 Å². The number of carbonyl (C=O) groups is 1. The molecule has 0 saturated heterocycles. The topological polar surface area (TPSA) is 64.3 Å². The fraction of sp³-hybridized carbons (Fsp3) is 0.316. The van der Waals surface area contributed by atoms with Gasteiger partial charge in [-0.1, -0.05) is 43.7 Å². The van der Waals surface area contributed by atoms with Crippen LogP contribution in [0, 0.1) is 0 Å². The summed E-state index contributed by atoms with van der Waals surface area (Å²) in [5.74, 6) is 0.643. The van der Waals surface area contributed by atoms with Gasteiger partial charge in [0.1, 0.15) is 12.4 Å². The van der Waals surface area contributed by atoms with Gasteiger partial charge in [-0.15, -0.1) is 0 Å². The number of carbonyl (C=O) groups excluding carboxylic acids is 1. The van der Waals surface area contributed by atoms with Gasteiger partial charge in [-0.05, 0) is 36.2 Å². The normalized spacial score (nSPS) is 11.7. The van der Waals surface area contributed by atoms with E-state index >= 15 is 0 Å². The van der Waals surface area contributed by atoms with Crippen LogP contribution in [-0.2, 0) is 4.79 Å². The van der Waals surface area contributed by atoms with E-state index in [9.17, 15) is 4.79 Å². The molecule has 3 N–H and O–H groups in total. The predicted molar refractivity (Wildman–Crippen MR) is 93.7 cm³/mol. The Morgan fingerprint density at radius 1 is 1.13 bits per heavy atom. The van der Waals surface area contributed by atoms with E-state index in [0.717, 1.165) is 29.8 Å². The van der Waals surface area contributed by atoms with Crippen LogP contribution in [-0.4, -0.2) is 19.1 Å². The van der Waals surface area contributed by atoms with Gasteiger partial charge in [0.05, 0.1) is 5.92 Å². The van der Waals surface area contributed by atoms with Crippen molar-refractivity contribution >= 4 is 11.6 Å². The third kappa shape index (κ3) is 5.11. The second-order valence-electron chi connectivity index (χ2n) is 5.40. The maximum absolute atomic E-state index is 12.6. The molecule has 0 aromatic heterocycles.